The summed E-state index contributed by atoms with van der Waals surface area (Å²) in [6.45, 7) is 2.97. The first-order chi connectivity index (χ1) is 11.9. The summed E-state index contributed by atoms with van der Waals surface area (Å²) in [5.74, 6) is 0.0305. The van der Waals surface area contributed by atoms with E-state index >= 15 is 0 Å². The number of rotatable bonds is 7. The Morgan fingerprint density at radius 1 is 1.20 bits per heavy atom. The summed E-state index contributed by atoms with van der Waals surface area (Å²) < 4.78 is 28.9. The highest BCUT2D eigenvalue weighted by Gasteiger charge is 2.20. The number of sulfone groups is 1. The van der Waals surface area contributed by atoms with Crippen LogP contribution in [0.2, 0.25) is 0 Å². The maximum absolute atomic E-state index is 12.8. The van der Waals surface area contributed by atoms with E-state index in [4.69, 9.17) is 4.74 Å². The molecular formula is C18H22N2O4S. The number of hydrogen-bond acceptors (Lipinski definition) is 5. The third kappa shape index (κ3) is 4.79. The minimum Gasteiger partial charge on any atom is -0.495 e. The van der Waals surface area contributed by atoms with Crippen LogP contribution in [-0.2, 0) is 16.3 Å². The van der Waals surface area contributed by atoms with Gasteiger partial charge in [-0.3, -0.25) is 9.78 Å². The van der Waals surface area contributed by atoms with Crippen molar-refractivity contribution in [2.45, 2.75) is 18.2 Å². The van der Waals surface area contributed by atoms with Crippen molar-refractivity contribution in [3.8, 4) is 5.75 Å². The molecule has 0 N–H and O–H groups in total. The second-order valence-corrected chi connectivity index (χ2v) is 7.61. The van der Waals surface area contributed by atoms with Gasteiger partial charge in [0.1, 0.15) is 10.6 Å². The Balaban J connectivity index is 2.22. The van der Waals surface area contributed by atoms with Gasteiger partial charge < -0.3 is 9.64 Å². The van der Waals surface area contributed by atoms with Crippen LogP contribution in [0.3, 0.4) is 0 Å². The van der Waals surface area contributed by atoms with Gasteiger partial charge in [-0.15, -0.1) is 0 Å². The molecule has 0 radical (unpaired) electrons. The second-order valence-electron chi connectivity index (χ2n) is 5.63. The van der Waals surface area contributed by atoms with E-state index in [0.717, 1.165) is 11.8 Å². The van der Waals surface area contributed by atoms with Gasteiger partial charge in [0, 0.05) is 37.3 Å². The lowest BCUT2D eigenvalue weighted by molar-refractivity contribution is 0.0766. The predicted octanol–water partition coefficient (Wildman–Crippen LogP) is 2.20. The Labute approximate surface area is 148 Å². The average molecular weight is 362 g/mol. The molecule has 2 aromatic rings. The largest absolute Gasteiger partial charge is 0.495 e. The number of benzene rings is 1. The molecule has 6 nitrogen and oxygen atoms in total. The summed E-state index contributed by atoms with van der Waals surface area (Å²) in [4.78, 5) is 18.4. The number of carbonyl (C=O) groups excluding carboxylic acids is 1. The quantitative estimate of drug-likeness (QED) is 0.755. The number of likely N-dealkylation sites (N-methyl/N-ethyl adjacent to an activating group) is 1. The fourth-order valence-corrected chi connectivity index (χ4v) is 3.36. The molecule has 1 amide bonds. The number of amides is 1. The van der Waals surface area contributed by atoms with Crippen molar-refractivity contribution in [1.82, 2.24) is 9.88 Å². The highest BCUT2D eigenvalue weighted by molar-refractivity contribution is 7.90. The highest BCUT2D eigenvalue weighted by Crippen LogP contribution is 2.25. The van der Waals surface area contributed by atoms with Gasteiger partial charge in [-0.1, -0.05) is 0 Å². The van der Waals surface area contributed by atoms with Gasteiger partial charge in [-0.05, 0) is 49.2 Å². The molecular weight excluding hydrogens is 340 g/mol. The molecule has 134 valence electrons. The van der Waals surface area contributed by atoms with E-state index in [1.54, 1.807) is 23.4 Å². The molecule has 25 heavy (non-hydrogen) atoms. The molecule has 0 saturated heterocycles. The molecule has 1 aromatic carbocycles. The van der Waals surface area contributed by atoms with Crippen molar-refractivity contribution < 1.29 is 17.9 Å². The molecule has 0 atom stereocenters. The first kappa shape index (κ1) is 18.9. The summed E-state index contributed by atoms with van der Waals surface area (Å²) in [7, 11) is -2.09. The Kier molecular flexibility index (Phi) is 6.14. The van der Waals surface area contributed by atoms with Gasteiger partial charge in [0.15, 0.2) is 9.84 Å². The van der Waals surface area contributed by atoms with E-state index in [2.05, 4.69) is 4.98 Å². The molecule has 2 rings (SSSR count). The van der Waals surface area contributed by atoms with Crippen LogP contribution in [0.4, 0.5) is 0 Å². The van der Waals surface area contributed by atoms with Crippen LogP contribution in [-0.4, -0.2) is 50.7 Å². The van der Waals surface area contributed by atoms with Crippen LogP contribution in [0, 0.1) is 0 Å². The van der Waals surface area contributed by atoms with Crippen LogP contribution in [0.25, 0.3) is 0 Å². The number of hydrogen-bond donors (Lipinski definition) is 0. The van der Waals surface area contributed by atoms with Gasteiger partial charge in [-0.25, -0.2) is 8.42 Å². The van der Waals surface area contributed by atoms with Crippen LogP contribution in [0.1, 0.15) is 22.8 Å². The second kappa shape index (κ2) is 8.11. The van der Waals surface area contributed by atoms with Crippen molar-refractivity contribution in [2.75, 3.05) is 26.5 Å². The third-order valence-electron chi connectivity index (χ3n) is 3.90. The Hall–Kier alpha value is -2.41. The average Bonchev–Trinajstić information content (AvgIpc) is 2.61. The number of carbonyl (C=O) groups is 1. The van der Waals surface area contributed by atoms with E-state index in [9.17, 15) is 13.2 Å². The first-order valence-corrected chi connectivity index (χ1v) is 9.82. The van der Waals surface area contributed by atoms with Gasteiger partial charge in [0.25, 0.3) is 5.91 Å². The fourth-order valence-electron chi connectivity index (χ4n) is 2.50. The van der Waals surface area contributed by atoms with Crippen LogP contribution in [0.15, 0.2) is 47.6 Å². The summed E-state index contributed by atoms with van der Waals surface area (Å²) in [6.07, 6.45) is 5.24. The van der Waals surface area contributed by atoms with Gasteiger partial charge in [0.05, 0.1) is 7.11 Å². The monoisotopic (exact) mass is 362 g/mol. The normalized spacial score (nSPS) is 11.2. The van der Waals surface area contributed by atoms with Gasteiger partial charge in [-0.2, -0.15) is 0 Å². The summed E-state index contributed by atoms with van der Waals surface area (Å²) in [5, 5.41) is 0. The maximum atomic E-state index is 12.8. The highest BCUT2D eigenvalue weighted by atomic mass is 32.2. The van der Waals surface area contributed by atoms with Crippen molar-refractivity contribution in [2.24, 2.45) is 0 Å². The maximum Gasteiger partial charge on any atom is 0.253 e. The SMILES string of the molecule is CCN(CCc1ccncc1)C(=O)c1ccc(OC)c(S(C)(=O)=O)c1. The summed E-state index contributed by atoms with van der Waals surface area (Å²) in [6, 6.07) is 8.30. The molecule has 0 fully saturated rings. The molecule has 0 spiro atoms. The number of aromatic nitrogens is 1. The molecule has 0 unspecified atom stereocenters. The number of pyridine rings is 1. The lowest BCUT2D eigenvalue weighted by Gasteiger charge is -2.21. The third-order valence-corrected chi connectivity index (χ3v) is 5.02. The van der Waals surface area contributed by atoms with Gasteiger partial charge in [0.2, 0.25) is 0 Å². The smallest absolute Gasteiger partial charge is 0.253 e. The summed E-state index contributed by atoms with van der Waals surface area (Å²) in [5.41, 5.74) is 1.42. The van der Waals surface area contributed by atoms with E-state index in [1.807, 2.05) is 19.1 Å². The molecule has 0 saturated carbocycles. The van der Waals surface area contributed by atoms with Crippen LogP contribution >= 0.6 is 0 Å². The Bertz CT molecular complexity index is 835. The number of nitrogens with zero attached hydrogens (tertiary/aromatic N) is 2. The Morgan fingerprint density at radius 3 is 2.44 bits per heavy atom. The van der Waals surface area contributed by atoms with Crippen molar-refractivity contribution >= 4 is 15.7 Å². The van der Waals surface area contributed by atoms with Crippen molar-refractivity contribution in [3.05, 3.63) is 53.9 Å². The van der Waals surface area contributed by atoms with Gasteiger partial charge >= 0.3 is 0 Å². The number of ether oxygens (including phenoxy) is 1. The van der Waals surface area contributed by atoms with E-state index < -0.39 is 9.84 Å². The minimum absolute atomic E-state index is 0.0195. The molecule has 0 aliphatic carbocycles. The van der Waals surface area contributed by atoms with E-state index in [-0.39, 0.29) is 16.6 Å². The standard InChI is InChI=1S/C18H22N2O4S/c1-4-20(12-9-14-7-10-19-11-8-14)18(21)15-5-6-16(24-2)17(13-15)25(3,22)23/h5-8,10-11,13H,4,9,12H2,1-3H3. The van der Waals surface area contributed by atoms with Crippen molar-refractivity contribution in [1.29, 1.82) is 0 Å². The minimum atomic E-state index is -3.49. The molecule has 1 heterocycles. The number of methoxy groups -OCH3 is 1. The van der Waals surface area contributed by atoms with Crippen molar-refractivity contribution in [3.63, 3.8) is 0 Å². The predicted molar refractivity (Wildman–Crippen MR) is 95.6 cm³/mol. The lowest BCUT2D eigenvalue weighted by Crippen LogP contribution is -2.32. The zero-order chi connectivity index (χ0) is 18.4. The zero-order valence-corrected chi connectivity index (χ0v) is 15.4. The van der Waals surface area contributed by atoms with Crippen LogP contribution < -0.4 is 4.74 Å². The topological polar surface area (TPSA) is 76.6 Å². The molecule has 7 heteroatoms. The van der Waals surface area contributed by atoms with Crippen LogP contribution in [0.5, 0.6) is 5.75 Å². The molecule has 0 bridgehead atoms. The fraction of sp³-hybridized carbons (Fsp3) is 0.333. The zero-order valence-electron chi connectivity index (χ0n) is 14.6. The molecule has 0 aliphatic heterocycles. The molecule has 0 aliphatic rings. The lowest BCUT2D eigenvalue weighted by atomic mass is 10.1. The Morgan fingerprint density at radius 2 is 1.88 bits per heavy atom. The van der Waals surface area contributed by atoms with E-state index in [1.165, 1.54) is 19.2 Å². The summed E-state index contributed by atoms with van der Waals surface area (Å²) >= 11 is 0. The first-order valence-electron chi connectivity index (χ1n) is 7.93. The molecule has 1 aromatic heterocycles. The van der Waals surface area contributed by atoms with E-state index in [0.29, 0.717) is 25.1 Å².